The van der Waals surface area contributed by atoms with E-state index in [1.54, 1.807) is 0 Å². The second-order valence-corrected chi connectivity index (χ2v) is 4.28. The molecule has 0 spiro atoms. The molecule has 0 amide bonds. The Balaban J connectivity index is 3.22. The van der Waals surface area contributed by atoms with Crippen LogP contribution in [0.3, 0.4) is 0 Å². The summed E-state index contributed by atoms with van der Waals surface area (Å²) in [6.07, 6.45) is 0. The van der Waals surface area contributed by atoms with Crippen LogP contribution in [0.2, 0.25) is 0 Å². The number of halogens is 1. The Morgan fingerprint density at radius 1 is 1.42 bits per heavy atom. The minimum atomic E-state index is -0.0358. The Morgan fingerprint density at radius 2 is 2.00 bits per heavy atom. The molecule has 0 fully saturated rings. The molecule has 3 heteroatoms. The maximum absolute atomic E-state index is 5.62. The van der Waals surface area contributed by atoms with E-state index in [-0.39, 0.29) is 5.60 Å². The fourth-order valence-electron chi connectivity index (χ4n) is 0.717. The third-order valence-electron chi connectivity index (χ3n) is 1.36. The molecule has 0 bridgehead atoms. The van der Waals surface area contributed by atoms with Crippen LogP contribution in [-0.2, 0) is 4.74 Å². The van der Waals surface area contributed by atoms with Crippen molar-refractivity contribution in [2.24, 2.45) is 0 Å². The lowest BCUT2D eigenvalue weighted by atomic mass is 10.2. The SMILES string of the molecule is CC(CCl)NCCOC(C)(C)C. The zero-order valence-electron chi connectivity index (χ0n) is 8.48. The molecule has 0 rings (SSSR count). The van der Waals surface area contributed by atoms with Gasteiger partial charge >= 0.3 is 0 Å². The molecular formula is C9H20ClNO. The first-order valence-corrected chi connectivity index (χ1v) is 4.92. The topological polar surface area (TPSA) is 21.3 Å². The molecule has 12 heavy (non-hydrogen) atoms. The summed E-state index contributed by atoms with van der Waals surface area (Å²) in [4.78, 5) is 0. The normalized spacial score (nSPS) is 14.8. The van der Waals surface area contributed by atoms with Crippen molar-refractivity contribution in [2.45, 2.75) is 39.3 Å². The highest BCUT2D eigenvalue weighted by Gasteiger charge is 2.09. The molecule has 1 atom stereocenters. The molecule has 0 heterocycles. The second-order valence-electron chi connectivity index (χ2n) is 3.97. The number of hydrogen-bond acceptors (Lipinski definition) is 2. The first-order valence-electron chi connectivity index (χ1n) is 4.39. The van der Waals surface area contributed by atoms with Gasteiger partial charge in [0.2, 0.25) is 0 Å². The average Bonchev–Trinajstić information content (AvgIpc) is 1.96. The molecule has 0 aromatic heterocycles. The van der Waals surface area contributed by atoms with Crippen molar-refractivity contribution in [3.63, 3.8) is 0 Å². The van der Waals surface area contributed by atoms with E-state index in [1.165, 1.54) is 0 Å². The van der Waals surface area contributed by atoms with Crippen LogP contribution in [0.1, 0.15) is 27.7 Å². The molecule has 0 saturated heterocycles. The molecule has 74 valence electrons. The van der Waals surface area contributed by atoms with Crippen LogP contribution < -0.4 is 5.32 Å². The Morgan fingerprint density at radius 3 is 2.42 bits per heavy atom. The van der Waals surface area contributed by atoms with Gasteiger partial charge in [-0.2, -0.15) is 0 Å². The smallest absolute Gasteiger partial charge is 0.0599 e. The van der Waals surface area contributed by atoms with E-state index in [0.29, 0.717) is 11.9 Å². The van der Waals surface area contributed by atoms with Gasteiger partial charge in [0.25, 0.3) is 0 Å². The van der Waals surface area contributed by atoms with Gasteiger partial charge in [0.15, 0.2) is 0 Å². The monoisotopic (exact) mass is 193 g/mol. The van der Waals surface area contributed by atoms with Crippen molar-refractivity contribution in [3.8, 4) is 0 Å². The lowest BCUT2D eigenvalue weighted by Crippen LogP contribution is -2.33. The van der Waals surface area contributed by atoms with E-state index in [1.807, 2.05) is 0 Å². The van der Waals surface area contributed by atoms with Gasteiger partial charge in [-0.1, -0.05) is 0 Å². The van der Waals surface area contributed by atoms with Crippen LogP contribution >= 0.6 is 11.6 Å². The zero-order chi connectivity index (χ0) is 9.61. The first kappa shape index (κ1) is 12.2. The Kier molecular flexibility index (Phi) is 5.89. The molecule has 0 saturated carbocycles. The third-order valence-corrected chi connectivity index (χ3v) is 1.82. The van der Waals surface area contributed by atoms with Crippen molar-refractivity contribution < 1.29 is 4.74 Å². The molecule has 1 unspecified atom stereocenters. The fourth-order valence-corrected chi connectivity index (χ4v) is 0.826. The maximum atomic E-state index is 5.62. The molecule has 0 radical (unpaired) electrons. The number of rotatable bonds is 5. The van der Waals surface area contributed by atoms with Crippen LogP contribution in [0.25, 0.3) is 0 Å². The summed E-state index contributed by atoms with van der Waals surface area (Å²) < 4.78 is 5.52. The number of ether oxygens (including phenoxy) is 1. The van der Waals surface area contributed by atoms with Gasteiger partial charge in [-0.25, -0.2) is 0 Å². The summed E-state index contributed by atoms with van der Waals surface area (Å²) in [7, 11) is 0. The molecule has 2 nitrogen and oxygen atoms in total. The van der Waals surface area contributed by atoms with Gasteiger partial charge in [0, 0.05) is 18.5 Å². The van der Waals surface area contributed by atoms with E-state index in [2.05, 4.69) is 33.0 Å². The fraction of sp³-hybridized carbons (Fsp3) is 1.00. The lowest BCUT2D eigenvalue weighted by molar-refractivity contribution is -0.00130. The Hall–Kier alpha value is 0.210. The minimum absolute atomic E-state index is 0.0358. The highest BCUT2D eigenvalue weighted by atomic mass is 35.5. The van der Waals surface area contributed by atoms with Gasteiger partial charge in [0.05, 0.1) is 12.2 Å². The molecule has 0 aliphatic rings. The Labute approximate surface area is 80.6 Å². The van der Waals surface area contributed by atoms with Gasteiger partial charge in [-0.15, -0.1) is 11.6 Å². The number of hydrogen-bond donors (Lipinski definition) is 1. The summed E-state index contributed by atoms with van der Waals surface area (Å²) in [5.74, 6) is 0.648. The number of nitrogens with one attached hydrogen (secondary N) is 1. The predicted octanol–water partition coefficient (Wildman–Crippen LogP) is 2.02. The largest absolute Gasteiger partial charge is 0.375 e. The molecule has 1 N–H and O–H groups in total. The maximum Gasteiger partial charge on any atom is 0.0599 e. The van der Waals surface area contributed by atoms with Crippen LogP contribution in [0.5, 0.6) is 0 Å². The van der Waals surface area contributed by atoms with Crippen molar-refractivity contribution in [1.82, 2.24) is 5.32 Å². The number of alkyl halides is 1. The van der Waals surface area contributed by atoms with Gasteiger partial charge in [0.1, 0.15) is 0 Å². The quantitative estimate of drug-likeness (QED) is 0.533. The van der Waals surface area contributed by atoms with Crippen molar-refractivity contribution in [1.29, 1.82) is 0 Å². The predicted molar refractivity (Wildman–Crippen MR) is 53.9 cm³/mol. The van der Waals surface area contributed by atoms with Gasteiger partial charge in [-0.3, -0.25) is 0 Å². The standard InChI is InChI=1S/C9H20ClNO/c1-8(7-10)11-5-6-12-9(2,3)4/h8,11H,5-7H2,1-4H3. The van der Waals surface area contributed by atoms with Crippen LogP contribution in [0, 0.1) is 0 Å². The third kappa shape index (κ3) is 8.31. The second kappa shape index (κ2) is 5.79. The van der Waals surface area contributed by atoms with E-state index in [0.717, 1.165) is 13.2 Å². The molecule has 0 aliphatic carbocycles. The van der Waals surface area contributed by atoms with Gasteiger partial charge < -0.3 is 10.1 Å². The Bertz CT molecular complexity index is 112. The van der Waals surface area contributed by atoms with Gasteiger partial charge in [-0.05, 0) is 27.7 Å². The summed E-state index contributed by atoms with van der Waals surface area (Å²) >= 11 is 5.62. The van der Waals surface area contributed by atoms with E-state index in [9.17, 15) is 0 Å². The zero-order valence-corrected chi connectivity index (χ0v) is 9.24. The first-order chi connectivity index (χ1) is 5.45. The highest BCUT2D eigenvalue weighted by molar-refractivity contribution is 6.18. The summed E-state index contributed by atoms with van der Waals surface area (Å²) in [6.45, 7) is 9.83. The van der Waals surface area contributed by atoms with Crippen molar-refractivity contribution in [3.05, 3.63) is 0 Å². The highest BCUT2D eigenvalue weighted by Crippen LogP contribution is 2.05. The summed E-state index contributed by atoms with van der Waals surface area (Å²) in [6, 6.07) is 0.371. The van der Waals surface area contributed by atoms with Crippen LogP contribution in [0.4, 0.5) is 0 Å². The lowest BCUT2D eigenvalue weighted by Gasteiger charge is -2.20. The average molecular weight is 194 g/mol. The summed E-state index contributed by atoms with van der Waals surface area (Å²) in [5, 5.41) is 3.25. The molecule has 0 aromatic carbocycles. The van der Waals surface area contributed by atoms with E-state index < -0.39 is 0 Å². The molecular weight excluding hydrogens is 174 g/mol. The van der Waals surface area contributed by atoms with E-state index in [4.69, 9.17) is 16.3 Å². The minimum Gasteiger partial charge on any atom is -0.375 e. The summed E-state index contributed by atoms with van der Waals surface area (Å²) in [5.41, 5.74) is -0.0358. The van der Waals surface area contributed by atoms with Crippen LogP contribution in [-0.4, -0.2) is 30.7 Å². The molecule has 0 aliphatic heterocycles. The van der Waals surface area contributed by atoms with E-state index >= 15 is 0 Å². The van der Waals surface area contributed by atoms with Crippen molar-refractivity contribution in [2.75, 3.05) is 19.0 Å². The molecule has 0 aromatic rings. The van der Waals surface area contributed by atoms with Crippen molar-refractivity contribution >= 4 is 11.6 Å². The van der Waals surface area contributed by atoms with Crippen LogP contribution in [0.15, 0.2) is 0 Å².